The van der Waals surface area contributed by atoms with Gasteiger partial charge in [0.2, 0.25) is 0 Å². The lowest BCUT2D eigenvalue weighted by atomic mass is 9.96. The van der Waals surface area contributed by atoms with Crippen molar-refractivity contribution in [1.82, 2.24) is 0 Å². The van der Waals surface area contributed by atoms with Gasteiger partial charge in [-0.1, -0.05) is 30.3 Å². The lowest BCUT2D eigenvalue weighted by Crippen LogP contribution is -2.30. The predicted molar refractivity (Wildman–Crippen MR) is 110 cm³/mol. The summed E-state index contributed by atoms with van der Waals surface area (Å²) in [5.74, 6) is -1.19. The highest BCUT2D eigenvalue weighted by Crippen LogP contribution is 2.41. The van der Waals surface area contributed by atoms with Crippen LogP contribution in [-0.4, -0.2) is 16.8 Å². The molecule has 4 rings (SSSR count). The highest BCUT2D eigenvalue weighted by Gasteiger charge is 2.45. The average Bonchev–Trinajstić information content (AvgIpc) is 3.40. The maximum absolute atomic E-state index is 13.1. The SMILES string of the molecule is N#Cc1ccc(N2C(=O)C(O)=C(C(=O)CCc3ccccc3)C2c2ccco2)cc1. The molecule has 1 unspecified atom stereocenters. The first kappa shape index (κ1) is 19.2. The van der Waals surface area contributed by atoms with E-state index < -0.39 is 17.7 Å². The van der Waals surface area contributed by atoms with Gasteiger partial charge in [-0.3, -0.25) is 14.5 Å². The fourth-order valence-electron chi connectivity index (χ4n) is 3.61. The molecule has 0 radical (unpaired) electrons. The molecule has 2 heterocycles. The number of rotatable bonds is 6. The summed E-state index contributed by atoms with van der Waals surface area (Å²) in [5, 5.41) is 19.6. The van der Waals surface area contributed by atoms with Crippen molar-refractivity contribution in [2.75, 3.05) is 4.90 Å². The van der Waals surface area contributed by atoms with Crippen molar-refractivity contribution < 1.29 is 19.1 Å². The number of amides is 1. The zero-order valence-corrected chi connectivity index (χ0v) is 16.0. The number of aliphatic hydroxyl groups excluding tert-OH is 1. The Kier molecular flexibility index (Phi) is 5.19. The van der Waals surface area contributed by atoms with E-state index in [1.54, 1.807) is 36.4 Å². The van der Waals surface area contributed by atoms with Crippen LogP contribution in [0, 0.1) is 11.3 Å². The number of Topliss-reactive ketones (excluding diaryl/α,β-unsaturated/α-hetero) is 1. The van der Waals surface area contributed by atoms with Crippen LogP contribution in [0.4, 0.5) is 5.69 Å². The van der Waals surface area contributed by atoms with Gasteiger partial charge in [0.25, 0.3) is 5.91 Å². The lowest BCUT2D eigenvalue weighted by Gasteiger charge is -2.25. The zero-order chi connectivity index (χ0) is 21.1. The third-order valence-electron chi connectivity index (χ3n) is 5.08. The van der Waals surface area contributed by atoms with E-state index in [9.17, 15) is 14.7 Å². The minimum absolute atomic E-state index is 0.0234. The largest absolute Gasteiger partial charge is 0.503 e. The number of ketones is 1. The second-order valence-electron chi connectivity index (χ2n) is 6.92. The van der Waals surface area contributed by atoms with Crippen LogP contribution in [0.25, 0.3) is 0 Å². The molecule has 1 aliphatic rings. The van der Waals surface area contributed by atoms with Crippen molar-refractivity contribution in [3.05, 3.63) is 101 Å². The van der Waals surface area contributed by atoms with E-state index in [4.69, 9.17) is 9.68 Å². The van der Waals surface area contributed by atoms with Gasteiger partial charge in [0.15, 0.2) is 11.5 Å². The Morgan fingerprint density at radius 2 is 1.80 bits per heavy atom. The van der Waals surface area contributed by atoms with Crippen molar-refractivity contribution in [2.24, 2.45) is 0 Å². The molecule has 0 saturated heterocycles. The first-order valence-corrected chi connectivity index (χ1v) is 9.47. The molecule has 148 valence electrons. The van der Waals surface area contributed by atoms with Gasteiger partial charge >= 0.3 is 0 Å². The summed E-state index contributed by atoms with van der Waals surface area (Å²) in [4.78, 5) is 27.3. The summed E-state index contributed by atoms with van der Waals surface area (Å²) in [6.45, 7) is 0. The van der Waals surface area contributed by atoms with E-state index in [0.29, 0.717) is 23.4 Å². The summed E-state index contributed by atoms with van der Waals surface area (Å²) in [6.07, 6.45) is 2.10. The van der Waals surface area contributed by atoms with Crippen molar-refractivity contribution >= 4 is 17.4 Å². The predicted octanol–water partition coefficient (Wildman–Crippen LogP) is 4.25. The first-order chi connectivity index (χ1) is 14.6. The summed E-state index contributed by atoms with van der Waals surface area (Å²) in [7, 11) is 0. The van der Waals surface area contributed by atoms with E-state index in [2.05, 4.69) is 0 Å². The average molecular weight is 398 g/mol. The van der Waals surface area contributed by atoms with Crippen molar-refractivity contribution in [2.45, 2.75) is 18.9 Å². The van der Waals surface area contributed by atoms with Gasteiger partial charge in [0, 0.05) is 12.1 Å². The number of carbonyl (C=O) groups excluding carboxylic acids is 2. The minimum atomic E-state index is -0.872. The van der Waals surface area contributed by atoms with Gasteiger partial charge in [-0.15, -0.1) is 0 Å². The van der Waals surface area contributed by atoms with Crippen LogP contribution in [0.15, 0.2) is 88.7 Å². The van der Waals surface area contributed by atoms with Gasteiger partial charge in [-0.25, -0.2) is 0 Å². The number of carbonyl (C=O) groups is 2. The number of aryl methyl sites for hydroxylation is 1. The van der Waals surface area contributed by atoms with Crippen LogP contribution in [0.2, 0.25) is 0 Å². The summed E-state index contributed by atoms with van der Waals surface area (Å²) >= 11 is 0. The molecule has 0 aliphatic carbocycles. The zero-order valence-electron chi connectivity index (χ0n) is 16.0. The molecule has 1 aliphatic heterocycles. The third-order valence-corrected chi connectivity index (χ3v) is 5.08. The monoisotopic (exact) mass is 398 g/mol. The molecular weight excluding hydrogens is 380 g/mol. The molecule has 1 aromatic heterocycles. The van der Waals surface area contributed by atoms with E-state index in [1.165, 1.54) is 11.2 Å². The molecule has 0 saturated carbocycles. The molecule has 1 amide bonds. The number of anilines is 1. The number of hydrogen-bond donors (Lipinski definition) is 1. The van der Waals surface area contributed by atoms with Gasteiger partial charge in [0.1, 0.15) is 11.8 Å². The highest BCUT2D eigenvalue weighted by atomic mass is 16.3. The van der Waals surface area contributed by atoms with Gasteiger partial charge < -0.3 is 9.52 Å². The van der Waals surface area contributed by atoms with E-state index in [0.717, 1.165) is 5.56 Å². The van der Waals surface area contributed by atoms with Crippen LogP contribution < -0.4 is 4.90 Å². The summed E-state index contributed by atoms with van der Waals surface area (Å²) in [6, 6.07) is 20.4. The van der Waals surface area contributed by atoms with E-state index in [1.807, 2.05) is 36.4 Å². The Hall–Kier alpha value is -4.11. The van der Waals surface area contributed by atoms with Gasteiger partial charge in [-0.05, 0) is 48.4 Å². The fourth-order valence-corrected chi connectivity index (χ4v) is 3.61. The smallest absolute Gasteiger partial charge is 0.294 e. The molecule has 6 nitrogen and oxygen atoms in total. The van der Waals surface area contributed by atoms with Crippen molar-refractivity contribution in [3.8, 4) is 6.07 Å². The van der Waals surface area contributed by atoms with E-state index in [-0.39, 0.29) is 17.8 Å². The minimum Gasteiger partial charge on any atom is -0.503 e. The lowest BCUT2D eigenvalue weighted by molar-refractivity contribution is -0.118. The number of furan rings is 1. The molecule has 0 fully saturated rings. The molecule has 1 atom stereocenters. The van der Waals surface area contributed by atoms with Crippen LogP contribution in [-0.2, 0) is 16.0 Å². The van der Waals surface area contributed by atoms with Crippen LogP contribution in [0.5, 0.6) is 0 Å². The Labute approximate surface area is 173 Å². The standard InChI is InChI=1S/C24H18N2O4/c25-15-17-8-11-18(12-9-17)26-22(20-7-4-14-30-20)21(23(28)24(26)29)19(27)13-10-16-5-2-1-3-6-16/h1-9,11-12,14,22,28H,10,13H2. The summed E-state index contributed by atoms with van der Waals surface area (Å²) in [5.41, 5.74) is 1.91. The topological polar surface area (TPSA) is 94.5 Å². The number of benzene rings is 2. The van der Waals surface area contributed by atoms with Gasteiger partial charge in [0.05, 0.1) is 23.5 Å². The number of aliphatic hydroxyl groups is 1. The molecule has 6 heteroatoms. The van der Waals surface area contributed by atoms with Crippen LogP contribution in [0.3, 0.4) is 0 Å². The molecule has 3 aromatic rings. The second kappa shape index (κ2) is 8.10. The number of hydrogen-bond acceptors (Lipinski definition) is 5. The molecule has 0 bridgehead atoms. The van der Waals surface area contributed by atoms with Crippen molar-refractivity contribution in [3.63, 3.8) is 0 Å². The Balaban J connectivity index is 1.68. The van der Waals surface area contributed by atoms with Crippen LogP contribution >= 0.6 is 0 Å². The maximum Gasteiger partial charge on any atom is 0.294 e. The highest BCUT2D eigenvalue weighted by molar-refractivity contribution is 6.16. The second-order valence-corrected chi connectivity index (χ2v) is 6.92. The maximum atomic E-state index is 13.1. The fraction of sp³-hybridized carbons (Fsp3) is 0.125. The van der Waals surface area contributed by atoms with Gasteiger partial charge in [-0.2, -0.15) is 5.26 Å². The first-order valence-electron chi connectivity index (χ1n) is 9.47. The normalized spacial score (nSPS) is 16.0. The van der Waals surface area contributed by atoms with Crippen LogP contribution in [0.1, 0.15) is 29.3 Å². The third kappa shape index (κ3) is 3.49. The Morgan fingerprint density at radius 3 is 2.43 bits per heavy atom. The summed E-state index contributed by atoms with van der Waals surface area (Å²) < 4.78 is 5.51. The van der Waals surface area contributed by atoms with Crippen molar-refractivity contribution in [1.29, 1.82) is 5.26 Å². The Bertz CT molecular complexity index is 1140. The number of nitrogens with zero attached hydrogens (tertiary/aromatic N) is 2. The Morgan fingerprint density at radius 1 is 1.07 bits per heavy atom. The quantitative estimate of drug-likeness (QED) is 0.670. The molecule has 0 spiro atoms. The molecular formula is C24H18N2O4. The molecule has 1 N–H and O–H groups in total. The van der Waals surface area contributed by atoms with E-state index >= 15 is 0 Å². The molecule has 2 aromatic carbocycles. The number of nitriles is 1. The molecule has 30 heavy (non-hydrogen) atoms.